The minimum absolute atomic E-state index is 0.786. The molecule has 0 saturated carbocycles. The second-order valence-electron chi connectivity index (χ2n) is 5.91. The van der Waals surface area contributed by atoms with Crippen molar-refractivity contribution < 1.29 is 0 Å². The Bertz CT molecular complexity index is 364. The molecule has 1 heterocycles. The van der Waals surface area contributed by atoms with Crippen molar-refractivity contribution in [1.29, 1.82) is 0 Å². The Morgan fingerprint density at radius 1 is 1.30 bits per heavy atom. The van der Waals surface area contributed by atoms with Gasteiger partial charge in [-0.25, -0.2) is 0 Å². The van der Waals surface area contributed by atoms with Crippen LogP contribution < -0.4 is 5.73 Å². The average Bonchev–Trinajstić information content (AvgIpc) is 2.48. The van der Waals surface area contributed by atoms with Crippen LogP contribution in [0.4, 0.5) is 0 Å². The molecule has 112 valence electrons. The standard InChI is InChI=1S/C17H29N3/c1-2-19(13-16-7-4-3-5-8-16)14-17-9-6-11-20(15-17)12-10-18/h3-5,7-8,17H,2,6,9-15,18H2,1H3. The molecule has 1 saturated heterocycles. The van der Waals surface area contributed by atoms with Crippen LogP contribution in [-0.2, 0) is 6.54 Å². The van der Waals surface area contributed by atoms with Gasteiger partial charge in [-0.05, 0) is 37.4 Å². The van der Waals surface area contributed by atoms with Crippen LogP contribution in [0, 0.1) is 5.92 Å². The van der Waals surface area contributed by atoms with Crippen molar-refractivity contribution in [3.05, 3.63) is 35.9 Å². The van der Waals surface area contributed by atoms with Gasteiger partial charge in [0.25, 0.3) is 0 Å². The van der Waals surface area contributed by atoms with Crippen LogP contribution in [0.2, 0.25) is 0 Å². The summed E-state index contributed by atoms with van der Waals surface area (Å²) in [6.45, 7) is 9.99. The molecule has 1 aromatic rings. The molecule has 1 unspecified atom stereocenters. The summed E-state index contributed by atoms with van der Waals surface area (Å²) >= 11 is 0. The van der Waals surface area contributed by atoms with Crippen molar-refractivity contribution in [1.82, 2.24) is 9.80 Å². The molecule has 1 fully saturated rings. The summed E-state index contributed by atoms with van der Waals surface area (Å²) < 4.78 is 0. The Balaban J connectivity index is 1.83. The van der Waals surface area contributed by atoms with E-state index in [1.807, 2.05) is 0 Å². The number of nitrogens with two attached hydrogens (primary N) is 1. The fourth-order valence-corrected chi connectivity index (χ4v) is 3.20. The molecular weight excluding hydrogens is 246 g/mol. The number of piperidine rings is 1. The Hall–Kier alpha value is -0.900. The molecular formula is C17H29N3. The van der Waals surface area contributed by atoms with Crippen LogP contribution in [0.25, 0.3) is 0 Å². The molecule has 0 spiro atoms. The molecule has 2 N–H and O–H groups in total. The molecule has 0 radical (unpaired) electrons. The molecule has 2 rings (SSSR count). The smallest absolute Gasteiger partial charge is 0.0233 e. The van der Waals surface area contributed by atoms with Crippen molar-refractivity contribution in [3.8, 4) is 0 Å². The van der Waals surface area contributed by atoms with Gasteiger partial charge in [-0.2, -0.15) is 0 Å². The summed E-state index contributed by atoms with van der Waals surface area (Å²) in [5, 5.41) is 0. The van der Waals surface area contributed by atoms with Gasteiger partial charge in [-0.15, -0.1) is 0 Å². The van der Waals surface area contributed by atoms with Gasteiger partial charge in [0, 0.05) is 32.7 Å². The topological polar surface area (TPSA) is 32.5 Å². The van der Waals surface area contributed by atoms with Gasteiger partial charge in [-0.1, -0.05) is 37.3 Å². The average molecular weight is 275 g/mol. The van der Waals surface area contributed by atoms with E-state index in [9.17, 15) is 0 Å². The summed E-state index contributed by atoms with van der Waals surface area (Å²) in [6, 6.07) is 10.8. The van der Waals surface area contributed by atoms with E-state index in [2.05, 4.69) is 47.1 Å². The lowest BCUT2D eigenvalue weighted by atomic mass is 9.97. The predicted octanol–water partition coefficient (Wildman–Crippen LogP) is 2.18. The highest BCUT2D eigenvalue weighted by Gasteiger charge is 2.21. The SMILES string of the molecule is CCN(Cc1ccccc1)CC1CCCN(CCN)C1. The number of benzene rings is 1. The molecule has 0 amide bonds. The number of likely N-dealkylation sites (tertiary alicyclic amines) is 1. The third-order valence-corrected chi connectivity index (χ3v) is 4.26. The molecule has 1 atom stereocenters. The second-order valence-corrected chi connectivity index (χ2v) is 5.91. The fourth-order valence-electron chi connectivity index (χ4n) is 3.20. The van der Waals surface area contributed by atoms with E-state index in [0.717, 1.165) is 32.1 Å². The van der Waals surface area contributed by atoms with E-state index in [4.69, 9.17) is 5.73 Å². The zero-order valence-corrected chi connectivity index (χ0v) is 12.8. The van der Waals surface area contributed by atoms with Crippen LogP contribution in [0.15, 0.2) is 30.3 Å². The number of hydrogen-bond donors (Lipinski definition) is 1. The van der Waals surface area contributed by atoms with Crippen molar-refractivity contribution in [2.75, 3.05) is 39.3 Å². The first-order valence-electron chi connectivity index (χ1n) is 8.00. The molecule has 1 aliphatic rings. The summed E-state index contributed by atoms with van der Waals surface area (Å²) in [6.07, 6.45) is 2.69. The molecule has 0 aromatic heterocycles. The van der Waals surface area contributed by atoms with Crippen LogP contribution in [0.5, 0.6) is 0 Å². The van der Waals surface area contributed by atoms with Crippen LogP contribution in [0.3, 0.4) is 0 Å². The van der Waals surface area contributed by atoms with E-state index in [1.165, 1.54) is 38.0 Å². The maximum atomic E-state index is 5.68. The lowest BCUT2D eigenvalue weighted by molar-refractivity contribution is 0.134. The normalized spacial score (nSPS) is 20.4. The molecule has 0 bridgehead atoms. The predicted molar refractivity (Wildman–Crippen MR) is 85.6 cm³/mol. The van der Waals surface area contributed by atoms with Crippen molar-refractivity contribution in [2.24, 2.45) is 11.7 Å². The molecule has 1 aromatic carbocycles. The second kappa shape index (κ2) is 8.40. The largest absolute Gasteiger partial charge is 0.329 e. The summed E-state index contributed by atoms with van der Waals surface area (Å²) in [5.41, 5.74) is 7.10. The Kier molecular flexibility index (Phi) is 6.51. The zero-order valence-electron chi connectivity index (χ0n) is 12.8. The quantitative estimate of drug-likeness (QED) is 0.828. The number of nitrogens with zero attached hydrogens (tertiary/aromatic N) is 2. The van der Waals surface area contributed by atoms with Gasteiger partial charge in [0.05, 0.1) is 0 Å². The Labute approximate surface area is 123 Å². The van der Waals surface area contributed by atoms with E-state index >= 15 is 0 Å². The van der Waals surface area contributed by atoms with Gasteiger partial charge >= 0.3 is 0 Å². The van der Waals surface area contributed by atoms with E-state index in [1.54, 1.807) is 0 Å². The van der Waals surface area contributed by atoms with Gasteiger partial charge in [0.1, 0.15) is 0 Å². The minimum Gasteiger partial charge on any atom is -0.329 e. The minimum atomic E-state index is 0.786. The highest BCUT2D eigenvalue weighted by molar-refractivity contribution is 5.14. The zero-order chi connectivity index (χ0) is 14.2. The molecule has 1 aliphatic heterocycles. The van der Waals surface area contributed by atoms with E-state index in [-0.39, 0.29) is 0 Å². The van der Waals surface area contributed by atoms with E-state index in [0.29, 0.717) is 0 Å². The number of rotatable bonds is 7. The maximum absolute atomic E-state index is 5.68. The van der Waals surface area contributed by atoms with E-state index < -0.39 is 0 Å². The molecule has 20 heavy (non-hydrogen) atoms. The van der Waals surface area contributed by atoms with Crippen LogP contribution >= 0.6 is 0 Å². The van der Waals surface area contributed by atoms with Gasteiger partial charge in [0.2, 0.25) is 0 Å². The number of hydrogen-bond acceptors (Lipinski definition) is 3. The van der Waals surface area contributed by atoms with Crippen molar-refractivity contribution in [2.45, 2.75) is 26.3 Å². The summed E-state index contributed by atoms with van der Waals surface area (Å²) in [5.74, 6) is 0.805. The highest BCUT2D eigenvalue weighted by Crippen LogP contribution is 2.18. The third-order valence-electron chi connectivity index (χ3n) is 4.26. The first-order valence-corrected chi connectivity index (χ1v) is 8.00. The Morgan fingerprint density at radius 2 is 2.10 bits per heavy atom. The molecule has 0 aliphatic carbocycles. The lowest BCUT2D eigenvalue weighted by Crippen LogP contribution is -2.42. The highest BCUT2D eigenvalue weighted by atomic mass is 15.2. The lowest BCUT2D eigenvalue weighted by Gasteiger charge is -2.35. The summed E-state index contributed by atoms with van der Waals surface area (Å²) in [7, 11) is 0. The fraction of sp³-hybridized carbons (Fsp3) is 0.647. The van der Waals surface area contributed by atoms with Crippen molar-refractivity contribution in [3.63, 3.8) is 0 Å². The third kappa shape index (κ3) is 4.89. The first kappa shape index (κ1) is 15.5. The van der Waals surface area contributed by atoms with Gasteiger partial charge in [0.15, 0.2) is 0 Å². The maximum Gasteiger partial charge on any atom is 0.0233 e. The monoisotopic (exact) mass is 275 g/mol. The van der Waals surface area contributed by atoms with Crippen LogP contribution in [0.1, 0.15) is 25.3 Å². The summed E-state index contributed by atoms with van der Waals surface area (Å²) in [4.78, 5) is 5.11. The van der Waals surface area contributed by atoms with Gasteiger partial charge < -0.3 is 10.6 Å². The van der Waals surface area contributed by atoms with Gasteiger partial charge in [-0.3, -0.25) is 4.90 Å². The molecule has 3 heteroatoms. The van der Waals surface area contributed by atoms with Crippen LogP contribution in [-0.4, -0.2) is 49.1 Å². The first-order chi connectivity index (χ1) is 9.81. The Morgan fingerprint density at radius 3 is 2.80 bits per heavy atom. The van der Waals surface area contributed by atoms with Crippen molar-refractivity contribution >= 4 is 0 Å². The molecule has 3 nitrogen and oxygen atoms in total.